The number of rotatable bonds is 6. The lowest BCUT2D eigenvalue weighted by Gasteiger charge is -2.13. The fraction of sp³-hybridized carbons (Fsp3) is 0.455. The molecule has 10 heteroatoms. The van der Waals surface area contributed by atoms with E-state index in [9.17, 15) is 18.0 Å². The molecule has 1 unspecified atom stereocenters. The lowest BCUT2D eigenvalue weighted by atomic mass is 10.3. The number of amides is 1. The van der Waals surface area contributed by atoms with Crippen LogP contribution in [0.25, 0.3) is 0 Å². The summed E-state index contributed by atoms with van der Waals surface area (Å²) in [4.78, 5) is 22.3. The highest BCUT2D eigenvalue weighted by atomic mass is 79.9. The molecule has 0 aromatic carbocycles. The maximum atomic E-state index is 12.2. The number of carboxylic acid groups (broad SMARTS) is 1. The Hall–Kier alpha value is -0.970. The number of thiophene rings is 1. The number of aromatic carboxylic acids is 1. The summed E-state index contributed by atoms with van der Waals surface area (Å²) in [5.74, 6) is -1.60. The standard InChI is InChI=1S/C11H13BrN2O5S2/c1-5(10(15)13-6-2-3-6)14-21(18,19)8-4-7(11(16)17)20-9(8)12/h4-6,14H,2-3H2,1H3,(H,13,15)(H,16,17). The van der Waals surface area contributed by atoms with Gasteiger partial charge in [0.15, 0.2) is 0 Å². The SMILES string of the molecule is CC(NS(=O)(=O)c1cc(C(=O)O)sc1Br)C(=O)NC1CC1. The molecule has 21 heavy (non-hydrogen) atoms. The third-order valence-electron chi connectivity index (χ3n) is 2.80. The van der Waals surface area contributed by atoms with Gasteiger partial charge in [0.1, 0.15) is 9.77 Å². The molecule has 1 fully saturated rings. The molecule has 0 saturated heterocycles. The number of carboxylic acids is 1. The first-order valence-electron chi connectivity index (χ1n) is 6.06. The molecule has 116 valence electrons. The minimum Gasteiger partial charge on any atom is -0.477 e. The molecule has 0 aliphatic heterocycles. The minimum atomic E-state index is -3.97. The van der Waals surface area contributed by atoms with Gasteiger partial charge in [0.05, 0.1) is 9.83 Å². The molecule has 0 radical (unpaired) electrons. The van der Waals surface area contributed by atoms with Gasteiger partial charge < -0.3 is 10.4 Å². The van der Waals surface area contributed by atoms with Crippen LogP contribution < -0.4 is 10.0 Å². The number of nitrogens with one attached hydrogen (secondary N) is 2. The van der Waals surface area contributed by atoms with Gasteiger partial charge in [0.25, 0.3) is 0 Å². The highest BCUT2D eigenvalue weighted by Gasteiger charge is 2.30. The van der Waals surface area contributed by atoms with Crippen LogP contribution in [0.5, 0.6) is 0 Å². The first-order valence-corrected chi connectivity index (χ1v) is 9.15. The summed E-state index contributed by atoms with van der Waals surface area (Å²) >= 11 is 3.84. The van der Waals surface area contributed by atoms with Crippen molar-refractivity contribution in [1.82, 2.24) is 10.0 Å². The highest BCUT2D eigenvalue weighted by Crippen LogP contribution is 2.31. The fourth-order valence-electron chi connectivity index (χ4n) is 1.54. The normalized spacial score (nSPS) is 16.5. The van der Waals surface area contributed by atoms with Crippen molar-refractivity contribution in [2.45, 2.75) is 36.7 Å². The van der Waals surface area contributed by atoms with E-state index in [2.05, 4.69) is 26.0 Å². The van der Waals surface area contributed by atoms with Crippen molar-refractivity contribution in [2.75, 3.05) is 0 Å². The molecule has 3 N–H and O–H groups in total. The largest absolute Gasteiger partial charge is 0.477 e. The summed E-state index contributed by atoms with van der Waals surface area (Å²) in [6, 6.07) is 0.261. The van der Waals surface area contributed by atoms with E-state index < -0.39 is 27.9 Å². The monoisotopic (exact) mass is 396 g/mol. The first-order chi connectivity index (χ1) is 9.70. The van der Waals surface area contributed by atoms with Crippen molar-refractivity contribution in [3.63, 3.8) is 0 Å². The quantitative estimate of drug-likeness (QED) is 0.667. The van der Waals surface area contributed by atoms with E-state index >= 15 is 0 Å². The van der Waals surface area contributed by atoms with Crippen LogP contribution in [0.2, 0.25) is 0 Å². The number of hydrogen-bond donors (Lipinski definition) is 3. The van der Waals surface area contributed by atoms with Crippen LogP contribution in [0.4, 0.5) is 0 Å². The van der Waals surface area contributed by atoms with E-state index in [1.807, 2.05) is 0 Å². The third-order valence-corrected chi connectivity index (χ3v) is 6.59. The molecule has 1 saturated carbocycles. The Morgan fingerprint density at radius 3 is 2.57 bits per heavy atom. The van der Waals surface area contributed by atoms with Crippen LogP contribution in [0, 0.1) is 0 Å². The second-order valence-corrected chi connectivity index (χ2v) is 8.73. The predicted octanol–water partition coefficient (Wildman–Crippen LogP) is 1.15. The van der Waals surface area contributed by atoms with Crippen molar-refractivity contribution < 1.29 is 23.1 Å². The van der Waals surface area contributed by atoms with E-state index in [-0.39, 0.29) is 19.6 Å². The van der Waals surface area contributed by atoms with Crippen molar-refractivity contribution in [3.05, 3.63) is 14.7 Å². The summed E-state index contributed by atoms with van der Waals surface area (Å²) < 4.78 is 26.8. The summed E-state index contributed by atoms with van der Waals surface area (Å²) in [7, 11) is -3.97. The van der Waals surface area contributed by atoms with Crippen molar-refractivity contribution >= 4 is 49.2 Å². The van der Waals surface area contributed by atoms with E-state index in [0.717, 1.165) is 30.2 Å². The molecule has 1 atom stereocenters. The molecular formula is C11H13BrN2O5S2. The lowest BCUT2D eigenvalue weighted by molar-refractivity contribution is -0.122. The molecule has 1 amide bonds. The Kier molecular flexibility index (Phi) is 4.71. The number of hydrogen-bond acceptors (Lipinski definition) is 5. The summed E-state index contributed by atoms with van der Waals surface area (Å²) in [5.41, 5.74) is 0. The molecule has 2 rings (SSSR count). The Morgan fingerprint density at radius 2 is 2.10 bits per heavy atom. The summed E-state index contributed by atoms with van der Waals surface area (Å²) in [6.07, 6.45) is 1.81. The third kappa shape index (κ3) is 4.02. The van der Waals surface area contributed by atoms with Gasteiger partial charge in [-0.15, -0.1) is 11.3 Å². The second kappa shape index (κ2) is 6.03. The Balaban J connectivity index is 2.13. The van der Waals surface area contributed by atoms with Gasteiger partial charge >= 0.3 is 5.97 Å². The minimum absolute atomic E-state index is 0.0997. The zero-order valence-corrected chi connectivity index (χ0v) is 14.1. The topological polar surface area (TPSA) is 113 Å². The molecule has 1 aromatic rings. The number of halogens is 1. The average molecular weight is 397 g/mol. The van der Waals surface area contributed by atoms with Crippen molar-refractivity contribution in [1.29, 1.82) is 0 Å². The van der Waals surface area contributed by atoms with Gasteiger partial charge in [-0.3, -0.25) is 4.79 Å². The van der Waals surface area contributed by atoms with E-state index in [4.69, 9.17) is 5.11 Å². The maximum Gasteiger partial charge on any atom is 0.345 e. The maximum absolute atomic E-state index is 12.2. The molecule has 1 aliphatic carbocycles. The van der Waals surface area contributed by atoms with Gasteiger partial charge in [0.2, 0.25) is 15.9 Å². The molecule has 0 bridgehead atoms. The lowest BCUT2D eigenvalue weighted by Crippen LogP contribution is -2.45. The van der Waals surface area contributed by atoms with Gasteiger partial charge in [-0.2, -0.15) is 4.72 Å². The molecular weight excluding hydrogens is 384 g/mol. The van der Waals surface area contributed by atoms with Gasteiger partial charge in [0, 0.05) is 6.04 Å². The summed E-state index contributed by atoms with van der Waals surface area (Å²) in [5, 5.41) is 11.6. The number of sulfonamides is 1. The van der Waals surface area contributed by atoms with Gasteiger partial charge in [-0.1, -0.05) is 0 Å². The average Bonchev–Trinajstić information content (AvgIpc) is 3.07. The molecule has 0 spiro atoms. The fourth-order valence-corrected chi connectivity index (χ4v) is 5.15. The Labute approximate surface area is 133 Å². The van der Waals surface area contributed by atoms with E-state index in [1.54, 1.807) is 0 Å². The smallest absolute Gasteiger partial charge is 0.345 e. The van der Waals surface area contributed by atoms with Crippen molar-refractivity contribution in [2.24, 2.45) is 0 Å². The number of carbonyl (C=O) groups is 2. The second-order valence-electron chi connectivity index (χ2n) is 4.68. The van der Waals surface area contributed by atoms with Gasteiger partial charge in [-0.05, 0) is 41.8 Å². The first kappa shape index (κ1) is 16.4. The Morgan fingerprint density at radius 1 is 1.48 bits per heavy atom. The van der Waals surface area contributed by atoms with E-state index in [1.165, 1.54) is 6.92 Å². The predicted molar refractivity (Wildman–Crippen MR) is 79.9 cm³/mol. The van der Waals surface area contributed by atoms with Crippen LogP contribution in [0.1, 0.15) is 29.4 Å². The van der Waals surface area contributed by atoms with Crippen molar-refractivity contribution in [3.8, 4) is 0 Å². The zero-order valence-electron chi connectivity index (χ0n) is 10.9. The molecule has 7 nitrogen and oxygen atoms in total. The highest BCUT2D eigenvalue weighted by molar-refractivity contribution is 9.11. The Bertz CT molecular complexity index is 681. The number of carbonyl (C=O) groups excluding carboxylic acids is 1. The molecule has 1 aromatic heterocycles. The molecule has 1 heterocycles. The van der Waals surface area contributed by atoms with Gasteiger partial charge in [-0.25, -0.2) is 13.2 Å². The van der Waals surface area contributed by atoms with Crippen LogP contribution in [-0.2, 0) is 14.8 Å². The zero-order chi connectivity index (χ0) is 15.8. The molecule has 1 aliphatic rings. The van der Waals surface area contributed by atoms with Crippen LogP contribution in [-0.4, -0.2) is 37.5 Å². The van der Waals surface area contributed by atoms with Crippen LogP contribution in [0.3, 0.4) is 0 Å². The summed E-state index contributed by atoms with van der Waals surface area (Å²) in [6.45, 7) is 1.44. The van der Waals surface area contributed by atoms with Crippen LogP contribution in [0.15, 0.2) is 14.7 Å². The van der Waals surface area contributed by atoms with E-state index in [0.29, 0.717) is 0 Å². The van der Waals surface area contributed by atoms with Crippen LogP contribution >= 0.6 is 27.3 Å².